The number of nitrogens with one attached hydrogen (secondary N) is 1. The molecule has 9 nitrogen and oxygen atoms in total. The van der Waals surface area contributed by atoms with Gasteiger partial charge in [-0.1, -0.05) is 19.1 Å². The van der Waals surface area contributed by atoms with Crippen molar-refractivity contribution in [1.29, 1.82) is 0 Å². The second-order valence-electron chi connectivity index (χ2n) is 6.06. The number of amides is 1. The van der Waals surface area contributed by atoms with Crippen molar-refractivity contribution >= 4 is 29.3 Å². The molecule has 1 aliphatic heterocycles. The van der Waals surface area contributed by atoms with E-state index in [1.165, 1.54) is 18.2 Å². The third-order valence-corrected chi connectivity index (χ3v) is 4.11. The molecule has 0 saturated carbocycles. The first-order valence-corrected chi connectivity index (χ1v) is 8.78. The minimum atomic E-state index is -0.812. The molecule has 0 bridgehead atoms. The van der Waals surface area contributed by atoms with Gasteiger partial charge in [-0.3, -0.25) is 14.9 Å². The Labute approximate surface area is 166 Å². The molecule has 1 heterocycles. The van der Waals surface area contributed by atoms with Crippen molar-refractivity contribution in [2.75, 3.05) is 18.7 Å². The minimum Gasteiger partial charge on any atom is -0.454 e. The topological polar surface area (TPSA) is 117 Å². The average Bonchev–Trinajstić information content (AvgIpc) is 3.18. The molecule has 0 aromatic heterocycles. The van der Waals surface area contributed by atoms with E-state index in [4.69, 9.17) is 14.2 Å². The number of hydrogen-bond donors (Lipinski definition) is 1. The van der Waals surface area contributed by atoms with Crippen LogP contribution in [-0.2, 0) is 20.7 Å². The van der Waals surface area contributed by atoms with Crippen molar-refractivity contribution in [2.24, 2.45) is 0 Å². The van der Waals surface area contributed by atoms with Crippen LogP contribution in [0.25, 0.3) is 6.08 Å². The molecular weight excluding hydrogens is 380 g/mol. The van der Waals surface area contributed by atoms with Crippen LogP contribution in [0.15, 0.2) is 42.5 Å². The standard InChI is InChI=1S/C20H18N2O7/c1-2-13-3-6-15(7-4-13)21-19(23)11-27-20(24)8-5-14-9-17-18(29-12-28-17)10-16(14)22(25)26/h3-10H,2,11-12H2,1H3,(H,21,23)/b8-5+. The molecule has 2 aromatic carbocycles. The Bertz CT molecular complexity index is 968. The zero-order valence-corrected chi connectivity index (χ0v) is 15.5. The first-order valence-electron chi connectivity index (χ1n) is 8.78. The summed E-state index contributed by atoms with van der Waals surface area (Å²) in [5.74, 6) is -0.698. The van der Waals surface area contributed by atoms with E-state index in [0.29, 0.717) is 11.4 Å². The lowest BCUT2D eigenvalue weighted by Gasteiger charge is -2.06. The molecule has 0 saturated heterocycles. The van der Waals surface area contributed by atoms with Gasteiger partial charge in [-0.2, -0.15) is 0 Å². The van der Waals surface area contributed by atoms with Crippen molar-refractivity contribution in [3.05, 3.63) is 63.7 Å². The molecular formula is C20H18N2O7. The van der Waals surface area contributed by atoms with E-state index in [2.05, 4.69) is 5.32 Å². The maximum atomic E-state index is 11.9. The van der Waals surface area contributed by atoms with Gasteiger partial charge >= 0.3 is 5.97 Å². The van der Waals surface area contributed by atoms with Gasteiger partial charge in [-0.25, -0.2) is 4.79 Å². The number of carbonyl (C=O) groups excluding carboxylic acids is 2. The van der Waals surface area contributed by atoms with E-state index in [-0.39, 0.29) is 23.8 Å². The average molecular weight is 398 g/mol. The number of anilines is 1. The molecule has 0 radical (unpaired) electrons. The fourth-order valence-electron chi connectivity index (χ4n) is 2.60. The summed E-state index contributed by atoms with van der Waals surface area (Å²) in [6, 6.07) is 9.93. The molecule has 9 heteroatoms. The number of aryl methyl sites for hydroxylation is 1. The summed E-state index contributed by atoms with van der Waals surface area (Å²) in [5.41, 5.74) is 1.63. The highest BCUT2D eigenvalue weighted by atomic mass is 16.7. The van der Waals surface area contributed by atoms with Crippen LogP contribution in [0.2, 0.25) is 0 Å². The SMILES string of the molecule is CCc1ccc(NC(=O)COC(=O)/C=C/c2cc3c(cc2[N+](=O)[O-])OCO3)cc1. The highest BCUT2D eigenvalue weighted by Gasteiger charge is 2.22. The van der Waals surface area contributed by atoms with E-state index in [1.54, 1.807) is 12.1 Å². The van der Waals surface area contributed by atoms with Crippen LogP contribution in [0.5, 0.6) is 11.5 Å². The molecule has 1 N–H and O–H groups in total. The largest absolute Gasteiger partial charge is 0.454 e. The zero-order valence-electron chi connectivity index (χ0n) is 15.5. The van der Waals surface area contributed by atoms with Gasteiger partial charge in [0.15, 0.2) is 18.1 Å². The number of nitro benzene ring substituents is 1. The number of fused-ring (bicyclic) bond motifs is 1. The lowest BCUT2D eigenvalue weighted by atomic mass is 10.1. The molecule has 1 aliphatic rings. The van der Waals surface area contributed by atoms with E-state index in [0.717, 1.165) is 18.1 Å². The van der Waals surface area contributed by atoms with Crippen LogP contribution in [-0.4, -0.2) is 30.2 Å². The number of rotatable bonds is 7. The maximum absolute atomic E-state index is 11.9. The summed E-state index contributed by atoms with van der Waals surface area (Å²) in [6.07, 6.45) is 3.12. The van der Waals surface area contributed by atoms with Gasteiger partial charge in [0.2, 0.25) is 6.79 Å². The summed E-state index contributed by atoms with van der Waals surface area (Å²) in [6.45, 7) is 1.51. The van der Waals surface area contributed by atoms with Gasteiger partial charge in [0, 0.05) is 11.8 Å². The lowest BCUT2D eigenvalue weighted by molar-refractivity contribution is -0.385. The van der Waals surface area contributed by atoms with Crippen LogP contribution in [0.3, 0.4) is 0 Å². The van der Waals surface area contributed by atoms with Crippen molar-refractivity contribution < 1.29 is 28.7 Å². The third-order valence-electron chi connectivity index (χ3n) is 4.11. The van der Waals surface area contributed by atoms with Crippen molar-refractivity contribution in [2.45, 2.75) is 13.3 Å². The predicted molar refractivity (Wildman–Crippen MR) is 104 cm³/mol. The molecule has 0 atom stereocenters. The summed E-state index contributed by atoms with van der Waals surface area (Å²) < 4.78 is 15.2. The summed E-state index contributed by atoms with van der Waals surface area (Å²) in [5, 5.41) is 13.8. The summed E-state index contributed by atoms with van der Waals surface area (Å²) in [7, 11) is 0. The smallest absolute Gasteiger partial charge is 0.331 e. The predicted octanol–water partition coefficient (Wildman–Crippen LogP) is 3.08. The fourth-order valence-corrected chi connectivity index (χ4v) is 2.60. The third kappa shape index (κ3) is 5.10. The molecule has 1 amide bonds. The quantitative estimate of drug-likeness (QED) is 0.330. The summed E-state index contributed by atoms with van der Waals surface area (Å²) in [4.78, 5) is 34.4. The number of hydrogen-bond acceptors (Lipinski definition) is 7. The van der Waals surface area contributed by atoms with Gasteiger partial charge in [0.05, 0.1) is 16.6 Å². The fraction of sp³-hybridized carbons (Fsp3) is 0.200. The number of nitro groups is 1. The second-order valence-corrected chi connectivity index (χ2v) is 6.06. The van der Waals surface area contributed by atoms with Crippen LogP contribution in [0, 0.1) is 10.1 Å². The van der Waals surface area contributed by atoms with E-state index in [1.807, 2.05) is 19.1 Å². The molecule has 150 valence electrons. The Morgan fingerprint density at radius 3 is 2.55 bits per heavy atom. The van der Waals surface area contributed by atoms with Gasteiger partial charge < -0.3 is 19.5 Å². The molecule has 0 unspecified atom stereocenters. The summed E-state index contributed by atoms with van der Waals surface area (Å²) >= 11 is 0. The van der Waals surface area contributed by atoms with Crippen LogP contribution in [0.1, 0.15) is 18.1 Å². The van der Waals surface area contributed by atoms with Crippen LogP contribution >= 0.6 is 0 Å². The van der Waals surface area contributed by atoms with Crippen molar-refractivity contribution in [3.63, 3.8) is 0 Å². The number of benzene rings is 2. The van der Waals surface area contributed by atoms with Crippen LogP contribution in [0.4, 0.5) is 11.4 Å². The molecule has 0 spiro atoms. The maximum Gasteiger partial charge on any atom is 0.331 e. The minimum absolute atomic E-state index is 0.0298. The first-order chi connectivity index (χ1) is 14.0. The Balaban J connectivity index is 1.57. The Hall–Kier alpha value is -3.88. The van der Waals surface area contributed by atoms with E-state index in [9.17, 15) is 19.7 Å². The Morgan fingerprint density at radius 1 is 1.21 bits per heavy atom. The zero-order chi connectivity index (χ0) is 20.8. The Kier molecular flexibility index (Phi) is 6.08. The Morgan fingerprint density at radius 2 is 1.90 bits per heavy atom. The number of ether oxygens (including phenoxy) is 3. The van der Waals surface area contributed by atoms with Gasteiger partial charge in [0.25, 0.3) is 11.6 Å². The van der Waals surface area contributed by atoms with Gasteiger partial charge in [-0.05, 0) is 36.3 Å². The molecule has 0 aliphatic carbocycles. The van der Waals surface area contributed by atoms with Gasteiger partial charge in [0.1, 0.15) is 0 Å². The van der Waals surface area contributed by atoms with Gasteiger partial charge in [-0.15, -0.1) is 0 Å². The number of carbonyl (C=O) groups is 2. The molecule has 0 fully saturated rings. The molecule has 29 heavy (non-hydrogen) atoms. The highest BCUT2D eigenvalue weighted by molar-refractivity contribution is 5.94. The van der Waals surface area contributed by atoms with E-state index >= 15 is 0 Å². The number of esters is 1. The second kappa shape index (κ2) is 8.87. The first kappa shape index (κ1) is 19.9. The normalized spacial score (nSPS) is 12.0. The molecule has 3 rings (SSSR count). The van der Waals surface area contributed by atoms with Crippen LogP contribution < -0.4 is 14.8 Å². The monoisotopic (exact) mass is 398 g/mol. The van der Waals surface area contributed by atoms with Crippen molar-refractivity contribution in [3.8, 4) is 11.5 Å². The highest BCUT2D eigenvalue weighted by Crippen LogP contribution is 2.38. The van der Waals surface area contributed by atoms with Crippen molar-refractivity contribution in [1.82, 2.24) is 0 Å². The van der Waals surface area contributed by atoms with E-state index < -0.39 is 23.4 Å². The molecule has 2 aromatic rings. The number of nitrogens with zero attached hydrogens (tertiary/aromatic N) is 1. The lowest BCUT2D eigenvalue weighted by Crippen LogP contribution is -2.20.